The molecule has 0 saturated heterocycles. The van der Waals surface area contributed by atoms with Gasteiger partial charge in [0, 0.05) is 0 Å². The molecule has 1 aromatic rings. The molecule has 0 saturated carbocycles. The van der Waals surface area contributed by atoms with E-state index in [0.717, 1.165) is 3.61 Å². The zero-order chi connectivity index (χ0) is 8.48. The molecule has 0 N–H and O–H groups in total. The van der Waals surface area contributed by atoms with Crippen molar-refractivity contribution >= 4 is 37.5 Å². The van der Waals surface area contributed by atoms with Gasteiger partial charge in [-0.05, 0) is 0 Å². The summed E-state index contributed by atoms with van der Waals surface area (Å²) in [6.07, 6.45) is 0. The summed E-state index contributed by atoms with van der Waals surface area (Å²) in [5.74, 6) is 0. The molecule has 0 aliphatic rings. The number of rotatable bonds is 1. The quantitative estimate of drug-likeness (QED) is 0.700. The van der Waals surface area contributed by atoms with Crippen LogP contribution in [-0.2, 0) is 0 Å². The second kappa shape index (κ2) is 3.54. The Labute approximate surface area is 78.8 Å². The van der Waals surface area contributed by atoms with Crippen LogP contribution in [0.15, 0.2) is 24.3 Å². The summed E-state index contributed by atoms with van der Waals surface area (Å²) in [5.41, 5.74) is 1.24. The first kappa shape index (κ1) is 9.68. The second-order valence-electron chi connectivity index (χ2n) is 2.54. The molecule has 3 heteroatoms. The maximum absolute atomic E-state index is 6.07. The number of aryl methyl sites for hydroxylation is 1. The van der Waals surface area contributed by atoms with Crippen molar-refractivity contribution in [1.82, 2.24) is 0 Å². The first-order chi connectivity index (χ1) is 5.00. The molecule has 0 aliphatic heterocycles. The van der Waals surface area contributed by atoms with Crippen LogP contribution in [0.5, 0.6) is 0 Å². The van der Waals surface area contributed by atoms with E-state index in [2.05, 4.69) is 6.92 Å². The monoisotopic (exact) mass is 306 g/mol. The van der Waals surface area contributed by atoms with Gasteiger partial charge in [0.1, 0.15) is 0 Å². The first-order valence-corrected chi connectivity index (χ1v) is 12.6. The van der Waals surface area contributed by atoms with Crippen LogP contribution in [0, 0.1) is 6.92 Å². The molecule has 0 bridgehead atoms. The molecule has 62 valence electrons. The van der Waals surface area contributed by atoms with Gasteiger partial charge in [-0.15, -0.1) is 0 Å². The van der Waals surface area contributed by atoms with Crippen LogP contribution in [-0.4, -0.2) is 15.9 Å². The molecule has 0 fully saturated rings. The van der Waals surface area contributed by atoms with Crippen molar-refractivity contribution in [1.29, 1.82) is 0 Å². The third kappa shape index (κ3) is 2.84. The molecule has 0 radical (unpaired) electrons. The van der Waals surface area contributed by atoms with Gasteiger partial charge < -0.3 is 0 Å². The van der Waals surface area contributed by atoms with Crippen molar-refractivity contribution in [3.05, 3.63) is 29.8 Å². The molecule has 0 spiro atoms. The zero-order valence-corrected chi connectivity index (χ0v) is 10.3. The van der Waals surface area contributed by atoms with Crippen molar-refractivity contribution in [2.24, 2.45) is 0 Å². The molecule has 0 amide bonds. The van der Waals surface area contributed by atoms with Gasteiger partial charge in [0.2, 0.25) is 0 Å². The molecule has 1 rings (SSSR count). The van der Waals surface area contributed by atoms with Gasteiger partial charge in [0.15, 0.2) is 0 Å². The summed E-state index contributed by atoms with van der Waals surface area (Å²) < 4.78 is 1.13. The fourth-order valence-electron chi connectivity index (χ4n) is 0.777. The Morgan fingerprint density at radius 1 is 1.09 bits per heavy atom. The van der Waals surface area contributed by atoms with Crippen LogP contribution in [0.3, 0.4) is 0 Å². The van der Waals surface area contributed by atoms with Gasteiger partial charge in [-0.25, -0.2) is 0 Å². The summed E-state index contributed by atoms with van der Waals surface area (Å²) in [4.78, 5) is 1.95. The van der Waals surface area contributed by atoms with Crippen LogP contribution in [0.4, 0.5) is 0 Å². The van der Waals surface area contributed by atoms with E-state index in [-0.39, 0.29) is 0 Å². The van der Waals surface area contributed by atoms with Crippen molar-refractivity contribution < 1.29 is 0 Å². The van der Waals surface area contributed by atoms with Gasteiger partial charge in [0.25, 0.3) is 0 Å². The Hall–Kier alpha value is 0.590. The van der Waals surface area contributed by atoms with E-state index in [1.54, 1.807) is 0 Å². The zero-order valence-electron chi connectivity index (χ0n) is 6.47. The molecular formula is C8H10Cl2Te. The molecule has 1 aromatic carbocycles. The molecule has 0 aliphatic carbocycles. The third-order valence-electron chi connectivity index (χ3n) is 1.43. The Bertz CT molecular complexity index is 235. The van der Waals surface area contributed by atoms with Crippen LogP contribution < -0.4 is 3.61 Å². The van der Waals surface area contributed by atoms with Crippen molar-refractivity contribution in [3.8, 4) is 0 Å². The summed E-state index contributed by atoms with van der Waals surface area (Å²) >= 11 is -2.61. The molecular weight excluding hydrogens is 295 g/mol. The Morgan fingerprint density at radius 3 is 1.91 bits per heavy atom. The molecule has 0 nitrogen and oxygen atoms in total. The molecule has 0 unspecified atom stereocenters. The van der Waals surface area contributed by atoms with Crippen molar-refractivity contribution in [2.75, 3.05) is 0 Å². The average molecular weight is 305 g/mol. The van der Waals surface area contributed by atoms with E-state index < -0.39 is 15.9 Å². The maximum atomic E-state index is 6.07. The van der Waals surface area contributed by atoms with E-state index >= 15 is 0 Å². The van der Waals surface area contributed by atoms with E-state index in [0.29, 0.717) is 0 Å². The Kier molecular flexibility index (Phi) is 3.11. The third-order valence-corrected chi connectivity index (χ3v) is 6.96. The van der Waals surface area contributed by atoms with E-state index in [1.165, 1.54) is 5.56 Å². The number of hydrogen-bond donors (Lipinski definition) is 0. The minimum absolute atomic E-state index is 1.13. The fraction of sp³-hybridized carbons (Fsp3) is 0.250. The Balaban J connectivity index is 2.99. The van der Waals surface area contributed by atoms with Gasteiger partial charge in [-0.1, -0.05) is 0 Å². The average Bonchev–Trinajstić information content (AvgIpc) is 1.86. The normalized spacial score (nSPS) is 13.1. The predicted molar refractivity (Wildman–Crippen MR) is 54.1 cm³/mol. The minimum atomic E-state index is -2.61. The standard InChI is InChI=1S/C8H10Cl2Te/c1-7-3-5-8(6-4-7)11(2,9)10/h3-6H,1-2H3. The van der Waals surface area contributed by atoms with Crippen LogP contribution >= 0.6 is 17.9 Å². The summed E-state index contributed by atoms with van der Waals surface area (Å²) in [6.45, 7) is 2.05. The van der Waals surface area contributed by atoms with E-state index in [1.807, 2.05) is 29.2 Å². The van der Waals surface area contributed by atoms with Gasteiger partial charge in [-0.3, -0.25) is 0 Å². The van der Waals surface area contributed by atoms with Crippen LogP contribution in [0.1, 0.15) is 5.56 Å². The second-order valence-corrected chi connectivity index (χ2v) is 17.4. The van der Waals surface area contributed by atoms with Gasteiger partial charge in [0.05, 0.1) is 0 Å². The first-order valence-electron chi connectivity index (χ1n) is 3.24. The molecule has 0 heterocycles. The summed E-state index contributed by atoms with van der Waals surface area (Å²) in [5, 5.41) is 0. The van der Waals surface area contributed by atoms with Gasteiger partial charge in [-0.2, -0.15) is 0 Å². The molecule has 11 heavy (non-hydrogen) atoms. The fourth-order valence-corrected chi connectivity index (χ4v) is 3.91. The number of benzene rings is 1. The summed E-state index contributed by atoms with van der Waals surface area (Å²) in [7, 11) is 12.1. The predicted octanol–water partition coefficient (Wildman–Crippen LogP) is 2.75. The van der Waals surface area contributed by atoms with E-state index in [9.17, 15) is 0 Å². The van der Waals surface area contributed by atoms with Gasteiger partial charge >= 0.3 is 79.2 Å². The number of halogens is 2. The molecule has 0 aromatic heterocycles. The molecule has 0 atom stereocenters. The van der Waals surface area contributed by atoms with E-state index in [4.69, 9.17) is 17.9 Å². The number of hydrogen-bond acceptors (Lipinski definition) is 0. The van der Waals surface area contributed by atoms with Crippen molar-refractivity contribution in [3.63, 3.8) is 0 Å². The van der Waals surface area contributed by atoms with Crippen LogP contribution in [0.25, 0.3) is 0 Å². The summed E-state index contributed by atoms with van der Waals surface area (Å²) in [6, 6.07) is 8.14. The Morgan fingerprint density at radius 2 is 1.55 bits per heavy atom. The SMILES string of the molecule is Cc1ccc([Te](C)(Cl)Cl)cc1. The topological polar surface area (TPSA) is 0 Å². The van der Waals surface area contributed by atoms with Crippen LogP contribution in [0.2, 0.25) is 4.97 Å². The van der Waals surface area contributed by atoms with Crippen molar-refractivity contribution in [2.45, 2.75) is 11.9 Å².